The number of carbonyl (C=O) groups excluding carboxylic acids is 1. The van der Waals surface area contributed by atoms with E-state index in [9.17, 15) is 4.79 Å². The number of carbonyl (C=O) groups is 1. The molecule has 2 N–H and O–H groups in total. The topological polar surface area (TPSA) is 55.6 Å². The summed E-state index contributed by atoms with van der Waals surface area (Å²) in [4.78, 5) is 10.6. The van der Waals surface area contributed by atoms with Crippen molar-refractivity contribution in [1.82, 2.24) is 0 Å². The quantitative estimate of drug-likeness (QED) is 0.368. The smallest absolute Gasteiger partial charge is 0.244 e. The van der Waals surface area contributed by atoms with Crippen LogP contribution in [0.25, 0.3) is 0 Å². The molecule has 1 unspecified atom stereocenters. The number of unbranched alkanes of at least 4 members (excludes halogenated alkanes) is 2. The van der Waals surface area contributed by atoms with E-state index in [0.717, 1.165) is 32.3 Å². The zero-order valence-corrected chi connectivity index (χ0v) is 7.92. The number of ether oxygens (including phenoxy) is 1. The number of epoxide rings is 1. The first-order chi connectivity index (χ1) is 6.20. The van der Waals surface area contributed by atoms with E-state index in [-0.39, 0.29) is 5.91 Å². The van der Waals surface area contributed by atoms with Crippen molar-refractivity contribution >= 4 is 5.91 Å². The third kappa shape index (κ3) is 4.68. The minimum Gasteiger partial charge on any atom is -0.373 e. The van der Waals surface area contributed by atoms with Gasteiger partial charge < -0.3 is 10.5 Å². The Morgan fingerprint density at radius 1 is 1.46 bits per heavy atom. The minimum atomic E-state index is -0.370. The normalized spacial score (nSPS) is 19.8. The standard InChI is InChI=1S/C10H17NO2/c1-8(10(11)12)5-3-2-4-6-9-7-13-9/h9H,1-7H2,(H2,11,12). The van der Waals surface area contributed by atoms with Crippen LogP contribution in [0.3, 0.4) is 0 Å². The lowest BCUT2D eigenvalue weighted by molar-refractivity contribution is -0.114. The third-order valence-electron chi connectivity index (χ3n) is 2.26. The summed E-state index contributed by atoms with van der Waals surface area (Å²) in [6.45, 7) is 4.54. The highest BCUT2D eigenvalue weighted by Gasteiger charge is 2.20. The van der Waals surface area contributed by atoms with E-state index in [1.54, 1.807) is 0 Å². The Hall–Kier alpha value is -0.830. The van der Waals surface area contributed by atoms with Crippen molar-refractivity contribution in [3.8, 4) is 0 Å². The zero-order chi connectivity index (χ0) is 9.68. The number of hydrogen-bond donors (Lipinski definition) is 1. The maximum Gasteiger partial charge on any atom is 0.244 e. The number of primary amides is 1. The summed E-state index contributed by atoms with van der Waals surface area (Å²) in [5.41, 5.74) is 5.59. The summed E-state index contributed by atoms with van der Waals surface area (Å²) in [6, 6.07) is 0. The van der Waals surface area contributed by atoms with Gasteiger partial charge in [0.15, 0.2) is 0 Å². The number of amides is 1. The van der Waals surface area contributed by atoms with E-state index in [0.29, 0.717) is 11.7 Å². The van der Waals surface area contributed by atoms with E-state index < -0.39 is 0 Å². The average Bonchev–Trinajstić information content (AvgIpc) is 2.87. The summed E-state index contributed by atoms with van der Waals surface area (Å²) in [6.07, 6.45) is 5.74. The molecule has 1 saturated heterocycles. The highest BCUT2D eigenvalue weighted by atomic mass is 16.6. The van der Waals surface area contributed by atoms with Crippen molar-refractivity contribution in [2.24, 2.45) is 5.73 Å². The maximum absolute atomic E-state index is 10.6. The van der Waals surface area contributed by atoms with Crippen LogP contribution < -0.4 is 5.73 Å². The molecule has 0 spiro atoms. The molecule has 0 aliphatic carbocycles. The molecule has 1 aliphatic rings. The Morgan fingerprint density at radius 2 is 2.15 bits per heavy atom. The summed E-state index contributed by atoms with van der Waals surface area (Å²) < 4.78 is 5.08. The number of nitrogens with two attached hydrogens (primary N) is 1. The number of hydrogen-bond acceptors (Lipinski definition) is 2. The van der Waals surface area contributed by atoms with Crippen LogP contribution >= 0.6 is 0 Å². The van der Waals surface area contributed by atoms with Crippen molar-refractivity contribution < 1.29 is 9.53 Å². The fourth-order valence-corrected chi connectivity index (χ4v) is 1.25. The molecule has 1 heterocycles. The van der Waals surface area contributed by atoms with Gasteiger partial charge in [-0.25, -0.2) is 0 Å². The predicted molar refractivity (Wildman–Crippen MR) is 51.2 cm³/mol. The summed E-state index contributed by atoms with van der Waals surface area (Å²) in [7, 11) is 0. The molecule has 0 bridgehead atoms. The molecule has 1 fully saturated rings. The van der Waals surface area contributed by atoms with Gasteiger partial charge in [-0.3, -0.25) is 4.79 Å². The first kappa shape index (κ1) is 10.3. The Kier molecular flexibility index (Phi) is 3.96. The van der Waals surface area contributed by atoms with Gasteiger partial charge in [0.25, 0.3) is 0 Å². The molecule has 1 aliphatic heterocycles. The van der Waals surface area contributed by atoms with Crippen molar-refractivity contribution in [1.29, 1.82) is 0 Å². The molecule has 13 heavy (non-hydrogen) atoms. The van der Waals surface area contributed by atoms with Gasteiger partial charge in [0, 0.05) is 5.57 Å². The molecule has 3 heteroatoms. The van der Waals surface area contributed by atoms with Crippen molar-refractivity contribution in [3.05, 3.63) is 12.2 Å². The first-order valence-electron chi connectivity index (χ1n) is 4.79. The van der Waals surface area contributed by atoms with Gasteiger partial charge >= 0.3 is 0 Å². The second-order valence-corrected chi connectivity index (χ2v) is 3.52. The second-order valence-electron chi connectivity index (χ2n) is 3.52. The van der Waals surface area contributed by atoms with E-state index in [1.165, 1.54) is 6.42 Å². The molecule has 0 aromatic heterocycles. The van der Waals surface area contributed by atoms with Gasteiger partial charge in [0.05, 0.1) is 12.7 Å². The van der Waals surface area contributed by atoms with Crippen LogP contribution in [-0.2, 0) is 9.53 Å². The lowest BCUT2D eigenvalue weighted by Crippen LogP contribution is -2.12. The minimum absolute atomic E-state index is 0.370. The Bertz CT molecular complexity index is 197. The third-order valence-corrected chi connectivity index (χ3v) is 2.26. The van der Waals surface area contributed by atoms with Crippen molar-refractivity contribution in [2.75, 3.05) is 6.61 Å². The second kappa shape index (κ2) is 5.02. The van der Waals surface area contributed by atoms with E-state index in [1.807, 2.05) is 0 Å². The maximum atomic E-state index is 10.6. The van der Waals surface area contributed by atoms with Crippen molar-refractivity contribution in [2.45, 2.75) is 38.2 Å². The molecule has 0 aromatic carbocycles. The van der Waals surface area contributed by atoms with Crippen LogP contribution in [0, 0.1) is 0 Å². The molecular weight excluding hydrogens is 166 g/mol. The van der Waals surface area contributed by atoms with Gasteiger partial charge in [0.1, 0.15) is 0 Å². The van der Waals surface area contributed by atoms with Gasteiger partial charge in [-0.05, 0) is 19.3 Å². The van der Waals surface area contributed by atoms with Gasteiger partial charge in [0.2, 0.25) is 5.91 Å². The Morgan fingerprint density at radius 3 is 2.69 bits per heavy atom. The van der Waals surface area contributed by atoms with E-state index in [4.69, 9.17) is 10.5 Å². The van der Waals surface area contributed by atoms with Crippen LogP contribution in [0.1, 0.15) is 32.1 Å². The summed E-state index contributed by atoms with van der Waals surface area (Å²) in [5, 5.41) is 0. The fraction of sp³-hybridized carbons (Fsp3) is 0.700. The van der Waals surface area contributed by atoms with E-state index in [2.05, 4.69) is 6.58 Å². The SMILES string of the molecule is C=C(CCCCCC1CO1)C(N)=O. The molecule has 1 rings (SSSR count). The van der Waals surface area contributed by atoms with Crippen LogP contribution in [0.2, 0.25) is 0 Å². The zero-order valence-electron chi connectivity index (χ0n) is 7.92. The van der Waals surface area contributed by atoms with Gasteiger partial charge in [-0.1, -0.05) is 19.4 Å². The average molecular weight is 183 g/mol. The molecule has 0 saturated carbocycles. The first-order valence-corrected chi connectivity index (χ1v) is 4.79. The molecule has 3 nitrogen and oxygen atoms in total. The molecular formula is C10H17NO2. The van der Waals surface area contributed by atoms with Gasteiger partial charge in [-0.2, -0.15) is 0 Å². The van der Waals surface area contributed by atoms with Crippen LogP contribution in [-0.4, -0.2) is 18.6 Å². The van der Waals surface area contributed by atoms with Crippen LogP contribution in [0.5, 0.6) is 0 Å². The van der Waals surface area contributed by atoms with E-state index >= 15 is 0 Å². The van der Waals surface area contributed by atoms with Crippen molar-refractivity contribution in [3.63, 3.8) is 0 Å². The summed E-state index contributed by atoms with van der Waals surface area (Å²) in [5.74, 6) is -0.370. The fourth-order valence-electron chi connectivity index (χ4n) is 1.25. The predicted octanol–water partition coefficient (Wildman–Crippen LogP) is 1.38. The summed E-state index contributed by atoms with van der Waals surface area (Å²) >= 11 is 0. The Labute approximate surface area is 78.9 Å². The molecule has 0 aromatic rings. The highest BCUT2D eigenvalue weighted by Crippen LogP contribution is 2.18. The monoisotopic (exact) mass is 183 g/mol. The molecule has 0 radical (unpaired) electrons. The lowest BCUT2D eigenvalue weighted by atomic mass is 10.1. The lowest BCUT2D eigenvalue weighted by Gasteiger charge is -2.00. The van der Waals surface area contributed by atoms with Crippen LogP contribution in [0.15, 0.2) is 12.2 Å². The van der Waals surface area contributed by atoms with Crippen LogP contribution in [0.4, 0.5) is 0 Å². The Balaban J connectivity index is 1.87. The van der Waals surface area contributed by atoms with Gasteiger partial charge in [-0.15, -0.1) is 0 Å². The highest BCUT2D eigenvalue weighted by molar-refractivity contribution is 5.91. The molecule has 74 valence electrons. The molecule has 1 amide bonds. The molecule has 1 atom stereocenters. The number of rotatable bonds is 7. The largest absolute Gasteiger partial charge is 0.373 e.